The molecule has 1 N–H and O–H groups in total. The first-order valence-electron chi connectivity index (χ1n) is 4.00. The number of nitrogens with one attached hydrogen (secondary N) is 1. The first kappa shape index (κ1) is 14.1. The van der Waals surface area contributed by atoms with Crippen LogP contribution in [0, 0.1) is 0 Å². The molecule has 1 aromatic rings. The topological polar surface area (TPSA) is 21.3 Å². The molecule has 0 atom stereocenters. The van der Waals surface area contributed by atoms with Gasteiger partial charge >= 0.3 is 6.36 Å². The van der Waals surface area contributed by atoms with E-state index in [4.69, 9.17) is 0 Å². The summed E-state index contributed by atoms with van der Waals surface area (Å²) in [4.78, 5) is 0. The third kappa shape index (κ3) is 5.49. The maximum atomic E-state index is 11.8. The van der Waals surface area contributed by atoms with Gasteiger partial charge in [-0.15, -0.1) is 25.6 Å². The monoisotopic (exact) mass is 241 g/mol. The fourth-order valence-corrected chi connectivity index (χ4v) is 1.06. The second-order valence-corrected chi connectivity index (χ2v) is 2.73. The van der Waals surface area contributed by atoms with Gasteiger partial charge in [-0.05, 0) is 24.7 Å². The van der Waals surface area contributed by atoms with Gasteiger partial charge in [0.15, 0.2) is 0 Å². The molecule has 0 aliphatic rings. The minimum Gasteiger partial charge on any atom is -0.406 e. The number of rotatable bonds is 3. The van der Waals surface area contributed by atoms with Gasteiger partial charge in [0.1, 0.15) is 5.75 Å². The normalized spacial score (nSPS) is 10.7. The fraction of sp³-hybridized carbons (Fsp3) is 0.333. The molecule has 0 spiro atoms. The highest BCUT2D eigenvalue weighted by Gasteiger charge is 2.30. The van der Waals surface area contributed by atoms with Crippen LogP contribution in [-0.2, 0) is 6.54 Å². The Bertz CT molecular complexity index is 304. The highest BCUT2D eigenvalue weighted by Crippen LogP contribution is 2.23. The van der Waals surface area contributed by atoms with Crippen molar-refractivity contribution in [3.63, 3.8) is 0 Å². The van der Waals surface area contributed by atoms with Gasteiger partial charge in [-0.1, -0.05) is 12.1 Å². The molecule has 0 heterocycles. The van der Waals surface area contributed by atoms with E-state index >= 15 is 0 Å². The smallest absolute Gasteiger partial charge is 0.406 e. The van der Waals surface area contributed by atoms with Crippen molar-refractivity contribution in [3.8, 4) is 5.75 Å². The van der Waals surface area contributed by atoms with Crippen molar-refractivity contribution >= 4 is 12.4 Å². The summed E-state index contributed by atoms with van der Waals surface area (Å²) in [6.07, 6.45) is -4.63. The van der Waals surface area contributed by atoms with Crippen LogP contribution < -0.4 is 10.1 Å². The van der Waals surface area contributed by atoms with Crippen LogP contribution in [0.3, 0.4) is 0 Å². The van der Waals surface area contributed by atoms with E-state index in [0.717, 1.165) is 5.56 Å². The van der Waals surface area contributed by atoms with Gasteiger partial charge in [0.2, 0.25) is 0 Å². The molecule has 0 radical (unpaired) electrons. The van der Waals surface area contributed by atoms with E-state index in [-0.39, 0.29) is 18.2 Å². The summed E-state index contributed by atoms with van der Waals surface area (Å²) in [5, 5.41) is 2.84. The Hall–Kier alpha value is -0.940. The molecule has 0 fully saturated rings. The zero-order chi connectivity index (χ0) is 10.6. The molecular weight excluding hydrogens is 231 g/mol. The second-order valence-electron chi connectivity index (χ2n) is 2.73. The average Bonchev–Trinajstić information content (AvgIpc) is 2.02. The van der Waals surface area contributed by atoms with E-state index < -0.39 is 6.36 Å². The van der Waals surface area contributed by atoms with E-state index in [0.29, 0.717) is 6.54 Å². The predicted octanol–water partition coefficient (Wildman–Crippen LogP) is 2.73. The van der Waals surface area contributed by atoms with E-state index in [1.165, 1.54) is 18.2 Å². The van der Waals surface area contributed by atoms with Gasteiger partial charge in [-0.25, -0.2) is 0 Å². The Kier molecular flexibility index (Phi) is 5.46. The van der Waals surface area contributed by atoms with Crippen LogP contribution in [-0.4, -0.2) is 13.4 Å². The SMILES string of the molecule is CNCc1cccc(OC(F)(F)F)c1.Cl. The second kappa shape index (κ2) is 5.82. The Balaban J connectivity index is 0.00000196. The van der Waals surface area contributed by atoms with Crippen LogP contribution in [0.15, 0.2) is 24.3 Å². The Morgan fingerprint density at radius 1 is 1.33 bits per heavy atom. The quantitative estimate of drug-likeness (QED) is 0.879. The third-order valence-electron chi connectivity index (χ3n) is 1.51. The molecule has 15 heavy (non-hydrogen) atoms. The van der Waals surface area contributed by atoms with Crippen molar-refractivity contribution in [2.24, 2.45) is 0 Å². The lowest BCUT2D eigenvalue weighted by Gasteiger charge is -2.09. The summed E-state index contributed by atoms with van der Waals surface area (Å²) in [5.41, 5.74) is 0.745. The number of alkyl halides is 3. The third-order valence-corrected chi connectivity index (χ3v) is 1.51. The summed E-state index contributed by atoms with van der Waals surface area (Å²) in [6, 6.07) is 5.87. The van der Waals surface area contributed by atoms with Gasteiger partial charge in [0.05, 0.1) is 0 Å². The average molecular weight is 242 g/mol. The zero-order valence-electron chi connectivity index (χ0n) is 7.97. The summed E-state index contributed by atoms with van der Waals surface area (Å²) >= 11 is 0. The minimum atomic E-state index is -4.63. The van der Waals surface area contributed by atoms with Gasteiger partial charge in [0, 0.05) is 6.54 Å². The molecule has 0 saturated heterocycles. The van der Waals surface area contributed by atoms with E-state index in [2.05, 4.69) is 10.1 Å². The van der Waals surface area contributed by atoms with Crippen LogP contribution in [0.2, 0.25) is 0 Å². The Labute approximate surface area is 91.8 Å². The number of hydrogen-bond donors (Lipinski definition) is 1. The Morgan fingerprint density at radius 3 is 2.53 bits per heavy atom. The van der Waals surface area contributed by atoms with Crippen molar-refractivity contribution in [3.05, 3.63) is 29.8 Å². The highest BCUT2D eigenvalue weighted by atomic mass is 35.5. The summed E-state index contributed by atoms with van der Waals surface area (Å²) in [5.74, 6) is -0.190. The number of hydrogen-bond acceptors (Lipinski definition) is 2. The van der Waals surface area contributed by atoms with E-state index in [1.807, 2.05) is 0 Å². The summed E-state index contributed by atoms with van der Waals surface area (Å²) < 4.78 is 39.2. The van der Waals surface area contributed by atoms with Crippen molar-refractivity contribution in [2.45, 2.75) is 12.9 Å². The van der Waals surface area contributed by atoms with Crippen LogP contribution in [0.25, 0.3) is 0 Å². The molecule has 1 rings (SSSR count). The van der Waals surface area contributed by atoms with E-state index in [1.54, 1.807) is 13.1 Å². The van der Waals surface area contributed by atoms with Gasteiger partial charge in [0.25, 0.3) is 0 Å². The van der Waals surface area contributed by atoms with Crippen molar-refractivity contribution in [1.82, 2.24) is 5.32 Å². The van der Waals surface area contributed by atoms with Crippen LogP contribution in [0.4, 0.5) is 13.2 Å². The first-order valence-corrected chi connectivity index (χ1v) is 4.00. The Morgan fingerprint density at radius 2 is 2.00 bits per heavy atom. The molecule has 0 aromatic heterocycles. The summed E-state index contributed by atoms with van der Waals surface area (Å²) in [7, 11) is 1.72. The fourth-order valence-electron chi connectivity index (χ4n) is 1.06. The highest BCUT2D eigenvalue weighted by molar-refractivity contribution is 5.85. The van der Waals surface area contributed by atoms with Gasteiger partial charge < -0.3 is 10.1 Å². The molecule has 6 heteroatoms. The van der Waals surface area contributed by atoms with Crippen molar-refractivity contribution < 1.29 is 17.9 Å². The zero-order valence-corrected chi connectivity index (χ0v) is 8.78. The number of benzene rings is 1. The maximum absolute atomic E-state index is 11.8. The molecule has 0 aliphatic carbocycles. The van der Waals surface area contributed by atoms with Gasteiger partial charge in [-0.3, -0.25) is 0 Å². The maximum Gasteiger partial charge on any atom is 0.573 e. The lowest BCUT2D eigenvalue weighted by Crippen LogP contribution is -2.17. The standard InChI is InChI=1S/C9H10F3NO.ClH/c1-13-6-7-3-2-4-8(5-7)14-9(10,11)12;/h2-5,13H,6H2,1H3;1H. The number of halogens is 4. The molecule has 86 valence electrons. The molecule has 0 saturated carbocycles. The molecule has 0 bridgehead atoms. The molecule has 0 amide bonds. The summed E-state index contributed by atoms with van der Waals surface area (Å²) in [6.45, 7) is 0.509. The van der Waals surface area contributed by atoms with E-state index in [9.17, 15) is 13.2 Å². The molecule has 0 aliphatic heterocycles. The molecular formula is C9H11ClF3NO. The van der Waals surface area contributed by atoms with Crippen molar-refractivity contribution in [1.29, 1.82) is 0 Å². The van der Waals surface area contributed by atoms with Crippen LogP contribution in [0.5, 0.6) is 5.75 Å². The van der Waals surface area contributed by atoms with Crippen molar-refractivity contribution in [2.75, 3.05) is 7.05 Å². The molecule has 2 nitrogen and oxygen atoms in total. The van der Waals surface area contributed by atoms with Crippen LogP contribution >= 0.6 is 12.4 Å². The first-order chi connectivity index (χ1) is 6.51. The minimum absolute atomic E-state index is 0. The molecule has 1 aromatic carbocycles. The van der Waals surface area contributed by atoms with Crippen LogP contribution in [0.1, 0.15) is 5.56 Å². The van der Waals surface area contributed by atoms with Gasteiger partial charge in [-0.2, -0.15) is 0 Å². The molecule has 0 unspecified atom stereocenters. The number of ether oxygens (including phenoxy) is 1. The lowest BCUT2D eigenvalue weighted by atomic mass is 10.2. The lowest BCUT2D eigenvalue weighted by molar-refractivity contribution is -0.274. The largest absolute Gasteiger partial charge is 0.573 e. The predicted molar refractivity (Wildman–Crippen MR) is 53.1 cm³/mol.